The molecule has 126 valence electrons. The van der Waals surface area contributed by atoms with Crippen LogP contribution in [0.3, 0.4) is 0 Å². The van der Waals surface area contributed by atoms with Gasteiger partial charge in [-0.15, -0.1) is 0 Å². The van der Waals surface area contributed by atoms with Crippen LogP contribution in [0.1, 0.15) is 33.2 Å². The van der Waals surface area contributed by atoms with Gasteiger partial charge in [-0.25, -0.2) is 0 Å². The quantitative estimate of drug-likeness (QED) is 0.721. The van der Waals surface area contributed by atoms with Crippen LogP contribution >= 0.6 is 0 Å². The molecule has 5 heteroatoms. The van der Waals surface area contributed by atoms with Gasteiger partial charge in [-0.05, 0) is 48.4 Å². The number of nitrogens with zero attached hydrogens (tertiary/aromatic N) is 1. The lowest BCUT2D eigenvalue weighted by Gasteiger charge is -2.12. The maximum Gasteiger partial charge on any atom is 0.271 e. The number of amides is 2. The van der Waals surface area contributed by atoms with Crippen molar-refractivity contribution in [3.63, 3.8) is 0 Å². The van der Waals surface area contributed by atoms with Crippen LogP contribution in [0.2, 0.25) is 0 Å². The minimum Gasteiger partial charge on any atom is -0.323 e. The van der Waals surface area contributed by atoms with Crippen molar-refractivity contribution < 1.29 is 9.59 Å². The molecule has 0 aliphatic carbocycles. The lowest BCUT2D eigenvalue weighted by molar-refractivity contribution is 0.0846. The minimum atomic E-state index is -0.372. The highest BCUT2D eigenvalue weighted by molar-refractivity contribution is 6.01. The topological polar surface area (TPSA) is 63.1 Å². The van der Waals surface area contributed by atoms with Crippen molar-refractivity contribution in [2.45, 2.75) is 13.3 Å². The average Bonchev–Trinajstić information content (AvgIpc) is 3.20. The molecule has 25 heavy (non-hydrogen) atoms. The zero-order valence-electron chi connectivity index (χ0n) is 13.9. The molecule has 2 aromatic carbocycles. The summed E-state index contributed by atoms with van der Waals surface area (Å²) in [6, 6.07) is 18.3. The smallest absolute Gasteiger partial charge is 0.271 e. The largest absolute Gasteiger partial charge is 0.323 e. The fourth-order valence-electron chi connectivity index (χ4n) is 2.53. The number of aryl methyl sites for hydroxylation is 1. The van der Waals surface area contributed by atoms with Gasteiger partial charge in [0.25, 0.3) is 11.8 Å². The van der Waals surface area contributed by atoms with Crippen molar-refractivity contribution in [1.29, 1.82) is 0 Å². The monoisotopic (exact) mass is 333 g/mol. The van der Waals surface area contributed by atoms with Crippen LogP contribution in [0.25, 0.3) is 5.69 Å². The molecule has 2 N–H and O–H groups in total. The van der Waals surface area contributed by atoms with E-state index in [-0.39, 0.29) is 11.8 Å². The molecular weight excluding hydrogens is 314 g/mol. The molecule has 0 atom stereocenters. The van der Waals surface area contributed by atoms with E-state index in [0.717, 1.165) is 17.7 Å². The minimum absolute atomic E-state index is 0.352. The van der Waals surface area contributed by atoms with E-state index in [0.29, 0.717) is 11.1 Å². The summed E-state index contributed by atoms with van der Waals surface area (Å²) in [6.45, 7) is 2.05. The van der Waals surface area contributed by atoms with Gasteiger partial charge in [0.1, 0.15) is 0 Å². The lowest BCUT2D eigenvalue weighted by Crippen LogP contribution is -2.41. The molecule has 0 saturated heterocycles. The van der Waals surface area contributed by atoms with E-state index in [9.17, 15) is 9.59 Å². The van der Waals surface area contributed by atoms with Gasteiger partial charge >= 0.3 is 0 Å². The molecule has 1 aromatic heterocycles. The fraction of sp³-hybridized carbons (Fsp3) is 0.100. The molecule has 0 spiro atoms. The Morgan fingerprint density at radius 3 is 2.16 bits per heavy atom. The summed E-state index contributed by atoms with van der Waals surface area (Å²) in [5, 5.41) is 0. The van der Waals surface area contributed by atoms with Gasteiger partial charge in [0.05, 0.1) is 11.3 Å². The highest BCUT2D eigenvalue weighted by atomic mass is 16.2. The molecule has 1 heterocycles. The fourth-order valence-corrected chi connectivity index (χ4v) is 2.53. The van der Waals surface area contributed by atoms with Crippen molar-refractivity contribution in [1.82, 2.24) is 15.4 Å². The van der Waals surface area contributed by atoms with Crippen molar-refractivity contribution in [2.75, 3.05) is 0 Å². The molecule has 0 aliphatic rings. The Balaban J connectivity index is 1.70. The number of aromatic nitrogens is 1. The molecule has 0 aliphatic heterocycles. The molecule has 0 radical (unpaired) electrons. The molecule has 0 bridgehead atoms. The van der Waals surface area contributed by atoms with E-state index in [4.69, 9.17) is 0 Å². The lowest BCUT2D eigenvalue weighted by atomic mass is 10.1. The number of carbonyl (C=O) groups is 2. The Labute approximate surface area is 146 Å². The third-order valence-electron chi connectivity index (χ3n) is 3.95. The highest BCUT2D eigenvalue weighted by Crippen LogP contribution is 2.14. The van der Waals surface area contributed by atoms with Crippen LogP contribution in [0.5, 0.6) is 0 Å². The highest BCUT2D eigenvalue weighted by Gasteiger charge is 2.13. The van der Waals surface area contributed by atoms with Gasteiger partial charge in [0, 0.05) is 18.0 Å². The molecule has 0 fully saturated rings. The van der Waals surface area contributed by atoms with Gasteiger partial charge < -0.3 is 4.57 Å². The van der Waals surface area contributed by atoms with Gasteiger partial charge in [-0.3, -0.25) is 20.4 Å². The summed E-state index contributed by atoms with van der Waals surface area (Å²) in [6.07, 6.45) is 4.63. The molecule has 2 amide bonds. The normalized spacial score (nSPS) is 10.3. The molecule has 3 rings (SSSR count). The molecule has 3 aromatic rings. The number of hydrazine groups is 1. The summed E-state index contributed by atoms with van der Waals surface area (Å²) in [5.74, 6) is -0.725. The standard InChI is InChI=1S/C20H19N3O2/c1-2-15-9-11-16(12-10-15)19(24)21-22-20(25)17-7-3-4-8-18(17)23-13-5-6-14-23/h3-14H,2H2,1H3,(H,21,24)(H,22,25). The zero-order chi connectivity index (χ0) is 17.6. The molecular formula is C20H19N3O2. The van der Waals surface area contributed by atoms with Crippen molar-refractivity contribution in [3.05, 3.63) is 89.7 Å². The van der Waals surface area contributed by atoms with Crippen molar-refractivity contribution in [2.24, 2.45) is 0 Å². The molecule has 5 nitrogen and oxygen atoms in total. The Morgan fingerprint density at radius 1 is 0.840 bits per heavy atom. The summed E-state index contributed by atoms with van der Waals surface area (Å²) < 4.78 is 1.85. The third kappa shape index (κ3) is 3.77. The number of hydrogen-bond donors (Lipinski definition) is 2. The first-order valence-corrected chi connectivity index (χ1v) is 8.11. The number of benzene rings is 2. The number of para-hydroxylation sites is 1. The van der Waals surface area contributed by atoms with Crippen molar-refractivity contribution in [3.8, 4) is 5.69 Å². The van der Waals surface area contributed by atoms with E-state index in [1.165, 1.54) is 0 Å². The van der Waals surface area contributed by atoms with Crippen LogP contribution < -0.4 is 10.9 Å². The first kappa shape index (κ1) is 16.5. The van der Waals surface area contributed by atoms with Gasteiger partial charge in [0.2, 0.25) is 0 Å². The Morgan fingerprint density at radius 2 is 1.48 bits per heavy atom. The number of carbonyl (C=O) groups excluding carboxylic acids is 2. The molecule has 0 unspecified atom stereocenters. The van der Waals surface area contributed by atoms with Crippen LogP contribution in [0.4, 0.5) is 0 Å². The predicted molar refractivity (Wildman–Crippen MR) is 96.5 cm³/mol. The van der Waals surface area contributed by atoms with Crippen LogP contribution in [0, 0.1) is 0 Å². The van der Waals surface area contributed by atoms with Crippen LogP contribution in [0.15, 0.2) is 73.1 Å². The van der Waals surface area contributed by atoms with E-state index in [2.05, 4.69) is 17.8 Å². The second kappa shape index (κ2) is 7.49. The average molecular weight is 333 g/mol. The second-order valence-electron chi connectivity index (χ2n) is 5.57. The second-order valence-corrected chi connectivity index (χ2v) is 5.57. The predicted octanol–water partition coefficient (Wildman–Crippen LogP) is 3.11. The number of nitrogens with one attached hydrogen (secondary N) is 2. The first-order chi connectivity index (χ1) is 12.2. The summed E-state index contributed by atoms with van der Waals surface area (Å²) >= 11 is 0. The van der Waals surface area contributed by atoms with Gasteiger partial charge in [0.15, 0.2) is 0 Å². The third-order valence-corrected chi connectivity index (χ3v) is 3.95. The maximum absolute atomic E-state index is 12.5. The number of rotatable bonds is 4. The van der Waals surface area contributed by atoms with E-state index in [1.54, 1.807) is 24.3 Å². The van der Waals surface area contributed by atoms with E-state index >= 15 is 0 Å². The van der Waals surface area contributed by atoms with Gasteiger partial charge in [-0.2, -0.15) is 0 Å². The zero-order valence-corrected chi connectivity index (χ0v) is 13.9. The maximum atomic E-state index is 12.5. The van der Waals surface area contributed by atoms with Crippen molar-refractivity contribution >= 4 is 11.8 Å². The Hall–Kier alpha value is -3.34. The Kier molecular flexibility index (Phi) is 4.95. The molecule has 0 saturated carbocycles. The Bertz CT molecular complexity index is 868. The van der Waals surface area contributed by atoms with Crippen LogP contribution in [-0.4, -0.2) is 16.4 Å². The van der Waals surface area contributed by atoms with Crippen LogP contribution in [-0.2, 0) is 6.42 Å². The summed E-state index contributed by atoms with van der Waals surface area (Å²) in [5.41, 5.74) is 7.80. The van der Waals surface area contributed by atoms with Gasteiger partial charge in [-0.1, -0.05) is 31.2 Å². The first-order valence-electron chi connectivity index (χ1n) is 8.11. The SMILES string of the molecule is CCc1ccc(C(=O)NNC(=O)c2ccccc2-n2cccc2)cc1. The summed E-state index contributed by atoms with van der Waals surface area (Å²) in [7, 11) is 0. The van der Waals surface area contributed by atoms with E-state index < -0.39 is 0 Å². The number of hydrogen-bond acceptors (Lipinski definition) is 2. The summed E-state index contributed by atoms with van der Waals surface area (Å²) in [4.78, 5) is 24.6. The van der Waals surface area contributed by atoms with E-state index in [1.807, 2.05) is 53.4 Å².